The van der Waals surface area contributed by atoms with Crippen molar-refractivity contribution < 1.29 is 0 Å². The zero-order valence-corrected chi connectivity index (χ0v) is 12.9. The maximum Gasteiger partial charge on any atom is 0.108 e. The second-order valence-corrected chi connectivity index (χ2v) is 6.16. The highest BCUT2D eigenvalue weighted by molar-refractivity contribution is 5.21. The molecule has 1 aromatic carbocycles. The van der Waals surface area contributed by atoms with Gasteiger partial charge in [-0.2, -0.15) is 0 Å². The summed E-state index contributed by atoms with van der Waals surface area (Å²) in [5, 5.41) is 3.61. The van der Waals surface area contributed by atoms with Crippen molar-refractivity contribution in [2.75, 3.05) is 6.54 Å². The largest absolute Gasteiger partial charge is 0.326 e. The van der Waals surface area contributed by atoms with Crippen LogP contribution in [0.4, 0.5) is 0 Å². The summed E-state index contributed by atoms with van der Waals surface area (Å²) in [4.78, 5) is 4.46. The summed E-state index contributed by atoms with van der Waals surface area (Å²) in [5.74, 6) is 1.13. The number of imidazole rings is 1. The smallest absolute Gasteiger partial charge is 0.108 e. The summed E-state index contributed by atoms with van der Waals surface area (Å²) in [6.07, 6.45) is 4.93. The summed E-state index contributed by atoms with van der Waals surface area (Å²) in [6, 6.07) is 10.9. The quantitative estimate of drug-likeness (QED) is 0.903. The van der Waals surface area contributed by atoms with Crippen LogP contribution in [0.3, 0.4) is 0 Å². The van der Waals surface area contributed by atoms with Crippen molar-refractivity contribution in [1.82, 2.24) is 14.9 Å². The van der Waals surface area contributed by atoms with Gasteiger partial charge in [0.15, 0.2) is 0 Å². The second kappa shape index (κ2) is 6.23. The average molecular weight is 271 g/mol. The van der Waals surface area contributed by atoms with Gasteiger partial charge in [0.2, 0.25) is 0 Å². The average Bonchev–Trinajstić information content (AvgIpc) is 2.87. The van der Waals surface area contributed by atoms with E-state index in [0.717, 1.165) is 18.8 Å². The van der Waals surface area contributed by atoms with Gasteiger partial charge in [-0.05, 0) is 26.3 Å². The Labute approximate surface area is 122 Å². The summed E-state index contributed by atoms with van der Waals surface area (Å²) in [5.41, 5.74) is 1.43. The Morgan fingerprint density at radius 3 is 2.50 bits per heavy atom. The molecule has 0 aliphatic heterocycles. The van der Waals surface area contributed by atoms with Crippen molar-refractivity contribution in [1.29, 1.82) is 0 Å². The lowest BCUT2D eigenvalue weighted by atomic mass is 10.0. The molecule has 1 aromatic heterocycles. The van der Waals surface area contributed by atoms with E-state index in [4.69, 9.17) is 0 Å². The van der Waals surface area contributed by atoms with Crippen LogP contribution in [0.2, 0.25) is 0 Å². The first-order valence-electron chi connectivity index (χ1n) is 7.33. The van der Waals surface area contributed by atoms with Crippen molar-refractivity contribution in [2.24, 2.45) is 0 Å². The van der Waals surface area contributed by atoms with Gasteiger partial charge in [-0.25, -0.2) is 4.98 Å². The fourth-order valence-corrected chi connectivity index (χ4v) is 2.36. The van der Waals surface area contributed by atoms with E-state index in [9.17, 15) is 0 Å². The molecule has 0 amide bonds. The van der Waals surface area contributed by atoms with Crippen molar-refractivity contribution in [3.63, 3.8) is 0 Å². The Morgan fingerprint density at radius 1 is 1.20 bits per heavy atom. The minimum absolute atomic E-state index is 0.111. The number of hydrogen-bond donors (Lipinski definition) is 1. The number of nitrogens with zero attached hydrogens (tertiary/aromatic N) is 2. The molecule has 108 valence electrons. The second-order valence-electron chi connectivity index (χ2n) is 6.16. The van der Waals surface area contributed by atoms with Crippen LogP contribution in [-0.4, -0.2) is 21.6 Å². The molecule has 20 heavy (non-hydrogen) atoms. The minimum atomic E-state index is 0.111. The molecule has 1 N–H and O–H groups in total. The van der Waals surface area contributed by atoms with Crippen molar-refractivity contribution >= 4 is 0 Å². The Balaban J connectivity index is 2.30. The van der Waals surface area contributed by atoms with Crippen LogP contribution in [0.25, 0.3) is 0 Å². The molecular formula is C17H25N3. The van der Waals surface area contributed by atoms with Crippen molar-refractivity contribution in [3.05, 3.63) is 54.1 Å². The lowest BCUT2D eigenvalue weighted by Crippen LogP contribution is -2.40. The Bertz CT molecular complexity index is 523. The van der Waals surface area contributed by atoms with Crippen LogP contribution >= 0.6 is 0 Å². The maximum atomic E-state index is 4.46. The minimum Gasteiger partial charge on any atom is -0.326 e. The molecule has 0 saturated carbocycles. The molecule has 0 aliphatic carbocycles. The van der Waals surface area contributed by atoms with Gasteiger partial charge in [0.05, 0.1) is 6.04 Å². The molecule has 0 aliphatic rings. The fourth-order valence-electron chi connectivity index (χ4n) is 2.36. The molecular weight excluding hydrogens is 246 g/mol. The van der Waals surface area contributed by atoms with Gasteiger partial charge in [0.25, 0.3) is 0 Å². The molecule has 0 spiro atoms. The van der Waals surface area contributed by atoms with Crippen LogP contribution in [0.15, 0.2) is 42.7 Å². The molecule has 0 fully saturated rings. The summed E-state index contributed by atoms with van der Waals surface area (Å²) < 4.78 is 2.29. The molecule has 1 unspecified atom stereocenters. The zero-order chi connectivity index (χ0) is 14.6. The standard InChI is InChI=1S/C17H25N3/c1-5-16-18-11-12-20(16)15(13-19-17(2,3)4)14-9-7-6-8-10-14/h6-12,15,19H,5,13H2,1-4H3. The number of aryl methyl sites for hydroxylation is 1. The lowest BCUT2D eigenvalue weighted by molar-refractivity contribution is 0.386. The first-order chi connectivity index (χ1) is 9.51. The van der Waals surface area contributed by atoms with E-state index in [2.05, 4.69) is 79.1 Å². The van der Waals surface area contributed by atoms with Gasteiger partial charge in [0, 0.05) is 30.9 Å². The van der Waals surface area contributed by atoms with Crippen LogP contribution in [-0.2, 0) is 6.42 Å². The molecule has 3 nitrogen and oxygen atoms in total. The Morgan fingerprint density at radius 2 is 1.90 bits per heavy atom. The molecule has 0 saturated heterocycles. The first kappa shape index (κ1) is 14.8. The number of aromatic nitrogens is 2. The van der Waals surface area contributed by atoms with Gasteiger partial charge in [-0.15, -0.1) is 0 Å². The normalized spacial score (nSPS) is 13.4. The summed E-state index contributed by atoms with van der Waals surface area (Å²) in [7, 11) is 0. The molecule has 1 atom stereocenters. The van der Waals surface area contributed by atoms with Gasteiger partial charge in [-0.3, -0.25) is 0 Å². The van der Waals surface area contributed by atoms with Crippen LogP contribution in [0.5, 0.6) is 0 Å². The lowest BCUT2D eigenvalue weighted by Gasteiger charge is -2.27. The van der Waals surface area contributed by atoms with Gasteiger partial charge in [-0.1, -0.05) is 37.3 Å². The van der Waals surface area contributed by atoms with E-state index in [0.29, 0.717) is 0 Å². The van der Waals surface area contributed by atoms with E-state index in [1.54, 1.807) is 0 Å². The number of hydrogen-bond acceptors (Lipinski definition) is 2. The van der Waals surface area contributed by atoms with Crippen molar-refractivity contribution in [3.8, 4) is 0 Å². The monoisotopic (exact) mass is 271 g/mol. The molecule has 3 heteroatoms. The van der Waals surface area contributed by atoms with Crippen molar-refractivity contribution in [2.45, 2.75) is 45.7 Å². The highest BCUT2D eigenvalue weighted by Gasteiger charge is 2.18. The molecule has 2 rings (SSSR count). The SMILES string of the molecule is CCc1nccn1C(CNC(C)(C)C)c1ccccc1. The van der Waals surface area contributed by atoms with E-state index >= 15 is 0 Å². The highest BCUT2D eigenvalue weighted by Crippen LogP contribution is 2.20. The molecule has 0 radical (unpaired) electrons. The topological polar surface area (TPSA) is 29.9 Å². The predicted molar refractivity (Wildman–Crippen MR) is 83.9 cm³/mol. The Hall–Kier alpha value is -1.61. The van der Waals surface area contributed by atoms with Gasteiger partial charge < -0.3 is 9.88 Å². The fraction of sp³-hybridized carbons (Fsp3) is 0.471. The third-order valence-electron chi connectivity index (χ3n) is 3.41. The first-order valence-corrected chi connectivity index (χ1v) is 7.33. The number of nitrogens with one attached hydrogen (secondary N) is 1. The summed E-state index contributed by atoms with van der Waals surface area (Å²) in [6.45, 7) is 9.64. The third kappa shape index (κ3) is 3.70. The van der Waals surface area contributed by atoms with Gasteiger partial charge >= 0.3 is 0 Å². The number of rotatable bonds is 5. The third-order valence-corrected chi connectivity index (χ3v) is 3.41. The highest BCUT2D eigenvalue weighted by atomic mass is 15.1. The van der Waals surface area contributed by atoms with Crippen LogP contribution in [0, 0.1) is 0 Å². The van der Waals surface area contributed by atoms with E-state index in [1.807, 2.05) is 6.20 Å². The zero-order valence-electron chi connectivity index (χ0n) is 12.9. The van der Waals surface area contributed by atoms with E-state index in [-0.39, 0.29) is 11.6 Å². The molecule has 2 aromatic rings. The van der Waals surface area contributed by atoms with E-state index < -0.39 is 0 Å². The van der Waals surface area contributed by atoms with E-state index in [1.165, 1.54) is 5.56 Å². The molecule has 0 bridgehead atoms. The maximum absolute atomic E-state index is 4.46. The van der Waals surface area contributed by atoms with Crippen LogP contribution < -0.4 is 5.32 Å². The Kier molecular flexibility index (Phi) is 4.61. The number of benzene rings is 1. The van der Waals surface area contributed by atoms with Crippen LogP contribution in [0.1, 0.15) is 45.1 Å². The summed E-state index contributed by atoms with van der Waals surface area (Å²) >= 11 is 0. The molecule has 1 heterocycles. The predicted octanol–water partition coefficient (Wildman–Crippen LogP) is 3.42. The van der Waals surface area contributed by atoms with Gasteiger partial charge in [0.1, 0.15) is 5.82 Å².